The molecule has 5 nitrogen and oxygen atoms in total. The summed E-state index contributed by atoms with van der Waals surface area (Å²) in [4.78, 5) is 11.9. The topological polar surface area (TPSA) is 68.6 Å². The number of rotatable bonds is 8. The van der Waals surface area contributed by atoms with Gasteiger partial charge in [-0.25, -0.2) is 0 Å². The number of methoxy groups -OCH3 is 2. The van der Waals surface area contributed by atoms with E-state index >= 15 is 0 Å². The molecule has 0 saturated heterocycles. The predicted octanol–water partition coefficient (Wildman–Crippen LogP) is 4.78. The molecule has 3 rings (SSSR count). The molecule has 0 fully saturated rings. The van der Waals surface area contributed by atoms with Gasteiger partial charge < -0.3 is 24.4 Å². The molecule has 0 saturated carbocycles. The van der Waals surface area contributed by atoms with E-state index in [1.165, 1.54) is 0 Å². The van der Waals surface area contributed by atoms with Gasteiger partial charge in [0.1, 0.15) is 12.0 Å². The lowest BCUT2D eigenvalue weighted by molar-refractivity contribution is -0.108. The molecule has 2 aromatic carbocycles. The lowest BCUT2D eigenvalue weighted by Crippen LogP contribution is -2.12. The second-order valence-electron chi connectivity index (χ2n) is 6.78. The summed E-state index contributed by atoms with van der Waals surface area (Å²) in [5.41, 5.74) is 4.29. The van der Waals surface area contributed by atoms with Crippen molar-refractivity contribution in [2.45, 2.75) is 32.1 Å². The first-order valence-corrected chi connectivity index (χ1v) is 9.34. The Morgan fingerprint density at radius 2 is 1.82 bits per heavy atom. The van der Waals surface area contributed by atoms with Gasteiger partial charge in [-0.15, -0.1) is 0 Å². The van der Waals surface area contributed by atoms with Gasteiger partial charge in [-0.1, -0.05) is 37.6 Å². The van der Waals surface area contributed by atoms with Crippen LogP contribution in [-0.2, 0) is 11.2 Å². The Morgan fingerprint density at radius 3 is 2.43 bits per heavy atom. The molecule has 28 heavy (non-hydrogen) atoms. The third kappa shape index (κ3) is 3.93. The largest absolute Gasteiger partial charge is 0.493 e. The Kier molecular flexibility index (Phi) is 6.14. The van der Waals surface area contributed by atoms with Crippen molar-refractivity contribution in [3.05, 3.63) is 59.4 Å². The van der Waals surface area contributed by atoms with Crippen molar-refractivity contribution in [3.8, 4) is 17.2 Å². The zero-order valence-corrected chi connectivity index (χ0v) is 16.5. The van der Waals surface area contributed by atoms with Crippen LogP contribution in [0.2, 0.25) is 0 Å². The number of fused-ring (bicyclic) bond motifs is 1. The van der Waals surface area contributed by atoms with E-state index in [-0.39, 0.29) is 0 Å². The van der Waals surface area contributed by atoms with Gasteiger partial charge in [0.05, 0.1) is 26.4 Å². The van der Waals surface area contributed by atoms with Gasteiger partial charge in [-0.05, 0) is 23.6 Å². The fourth-order valence-electron chi connectivity index (χ4n) is 3.43. The third-order valence-corrected chi connectivity index (χ3v) is 4.89. The Balaban J connectivity index is 1.89. The van der Waals surface area contributed by atoms with Crippen LogP contribution in [0.5, 0.6) is 17.2 Å². The van der Waals surface area contributed by atoms with E-state index < -0.39 is 5.92 Å². The average Bonchev–Trinajstić information content (AvgIpc) is 2.72. The second-order valence-corrected chi connectivity index (χ2v) is 6.78. The van der Waals surface area contributed by atoms with Crippen molar-refractivity contribution in [1.82, 2.24) is 0 Å². The van der Waals surface area contributed by atoms with Crippen LogP contribution in [0.3, 0.4) is 0 Å². The second kappa shape index (κ2) is 8.74. The van der Waals surface area contributed by atoms with Crippen LogP contribution < -0.4 is 14.2 Å². The van der Waals surface area contributed by atoms with E-state index in [1.54, 1.807) is 32.6 Å². The normalized spacial score (nSPS) is 15.1. The van der Waals surface area contributed by atoms with Crippen LogP contribution in [0.15, 0.2) is 42.7 Å². The summed E-state index contributed by atoms with van der Waals surface area (Å²) in [5, 5.41) is 7.99. The maximum atomic E-state index is 11.9. The van der Waals surface area contributed by atoms with Crippen LogP contribution >= 0.6 is 0 Å². The van der Waals surface area contributed by atoms with Crippen molar-refractivity contribution in [1.29, 1.82) is 5.41 Å². The van der Waals surface area contributed by atoms with Gasteiger partial charge in [0.2, 0.25) is 0 Å². The molecule has 1 aliphatic heterocycles. The molecule has 0 aliphatic carbocycles. The first-order chi connectivity index (χ1) is 13.6. The molecule has 146 valence electrons. The SMILES string of the molecule is CCCC(=N)Cc1ccc(C2=COc3cc(OC)c(OC)cc3C2C=O)cc1. The molecule has 1 aliphatic rings. The number of carbonyl (C=O) groups is 1. The van der Waals surface area contributed by atoms with Gasteiger partial charge >= 0.3 is 0 Å². The molecule has 5 heteroatoms. The molecule has 1 N–H and O–H groups in total. The number of hydrogen-bond donors (Lipinski definition) is 1. The summed E-state index contributed by atoms with van der Waals surface area (Å²) in [6, 6.07) is 11.5. The monoisotopic (exact) mass is 379 g/mol. The van der Waals surface area contributed by atoms with Crippen molar-refractivity contribution < 1.29 is 19.0 Å². The molecule has 0 radical (unpaired) electrons. The molecule has 1 unspecified atom stereocenters. The molecule has 1 atom stereocenters. The fourth-order valence-corrected chi connectivity index (χ4v) is 3.43. The number of carbonyl (C=O) groups excluding carboxylic acids is 1. The maximum absolute atomic E-state index is 11.9. The highest BCUT2D eigenvalue weighted by atomic mass is 16.5. The van der Waals surface area contributed by atoms with E-state index in [9.17, 15) is 4.79 Å². The lowest BCUT2D eigenvalue weighted by atomic mass is 9.86. The maximum Gasteiger partial charge on any atom is 0.164 e. The molecule has 0 spiro atoms. The van der Waals surface area contributed by atoms with E-state index in [0.717, 1.165) is 47.1 Å². The molecular weight excluding hydrogens is 354 g/mol. The fraction of sp³-hybridized carbons (Fsp3) is 0.304. The minimum Gasteiger partial charge on any atom is -0.493 e. The number of allylic oxidation sites excluding steroid dienone is 1. The van der Waals surface area contributed by atoms with Gasteiger partial charge in [0.15, 0.2) is 11.5 Å². The Hall–Kier alpha value is -3.08. The van der Waals surface area contributed by atoms with Gasteiger partial charge in [0.25, 0.3) is 0 Å². The van der Waals surface area contributed by atoms with Crippen LogP contribution in [0, 0.1) is 5.41 Å². The van der Waals surface area contributed by atoms with Crippen LogP contribution in [0.4, 0.5) is 0 Å². The molecule has 0 bridgehead atoms. The van der Waals surface area contributed by atoms with Crippen LogP contribution in [-0.4, -0.2) is 26.2 Å². The lowest BCUT2D eigenvalue weighted by Gasteiger charge is -2.24. The first kappa shape index (κ1) is 19.7. The summed E-state index contributed by atoms with van der Waals surface area (Å²) in [6.07, 6.45) is 5.00. The predicted molar refractivity (Wildman–Crippen MR) is 110 cm³/mol. The molecule has 2 aromatic rings. The number of hydrogen-bond acceptors (Lipinski definition) is 5. The van der Waals surface area contributed by atoms with Crippen LogP contribution in [0.25, 0.3) is 5.57 Å². The quantitative estimate of drug-likeness (QED) is 0.529. The van der Waals surface area contributed by atoms with E-state index in [2.05, 4.69) is 6.92 Å². The molecule has 0 aromatic heterocycles. The zero-order valence-electron chi connectivity index (χ0n) is 16.5. The van der Waals surface area contributed by atoms with Crippen LogP contribution in [0.1, 0.15) is 42.4 Å². The van der Waals surface area contributed by atoms with E-state index in [0.29, 0.717) is 23.7 Å². The summed E-state index contributed by atoms with van der Waals surface area (Å²) in [7, 11) is 3.13. The minimum absolute atomic E-state index is 0.451. The average molecular weight is 379 g/mol. The summed E-state index contributed by atoms with van der Waals surface area (Å²) in [5.74, 6) is 1.25. The van der Waals surface area contributed by atoms with Crippen molar-refractivity contribution in [2.75, 3.05) is 14.2 Å². The summed E-state index contributed by atoms with van der Waals surface area (Å²) in [6.45, 7) is 2.08. The van der Waals surface area contributed by atoms with Gasteiger partial charge in [-0.2, -0.15) is 0 Å². The Labute approximate surface area is 165 Å². The highest BCUT2D eigenvalue weighted by Gasteiger charge is 2.28. The van der Waals surface area contributed by atoms with Crippen molar-refractivity contribution >= 4 is 17.6 Å². The number of benzene rings is 2. The molecule has 1 heterocycles. The highest BCUT2D eigenvalue weighted by molar-refractivity contribution is 5.89. The van der Waals surface area contributed by atoms with Gasteiger partial charge in [0, 0.05) is 29.3 Å². The van der Waals surface area contributed by atoms with E-state index in [1.807, 2.05) is 24.3 Å². The number of nitrogens with one attached hydrogen (secondary N) is 1. The van der Waals surface area contributed by atoms with Crippen molar-refractivity contribution in [2.24, 2.45) is 0 Å². The standard InChI is InChI=1S/C23H25NO4/c1-4-5-17(24)10-15-6-8-16(9-7-15)20-14-28-21-12-23(27-3)22(26-2)11-18(21)19(20)13-25/h6-9,11-14,19,24H,4-5,10H2,1-3H3. The third-order valence-electron chi connectivity index (χ3n) is 4.89. The van der Waals surface area contributed by atoms with Crippen molar-refractivity contribution in [3.63, 3.8) is 0 Å². The van der Waals surface area contributed by atoms with Gasteiger partial charge in [-0.3, -0.25) is 0 Å². The first-order valence-electron chi connectivity index (χ1n) is 9.34. The van der Waals surface area contributed by atoms with E-state index in [4.69, 9.17) is 19.6 Å². The summed E-state index contributed by atoms with van der Waals surface area (Å²) < 4.78 is 16.5. The summed E-state index contributed by atoms with van der Waals surface area (Å²) >= 11 is 0. The number of ether oxygens (including phenoxy) is 3. The Morgan fingerprint density at radius 1 is 1.14 bits per heavy atom. The zero-order chi connectivity index (χ0) is 20.1. The number of aldehydes is 1. The minimum atomic E-state index is -0.451. The smallest absolute Gasteiger partial charge is 0.164 e. The molecule has 0 amide bonds. The Bertz CT molecular complexity index is 900. The highest BCUT2D eigenvalue weighted by Crippen LogP contribution is 2.44. The molecular formula is C23H25NO4.